The number of ether oxygens (including phenoxy) is 1. The average molecular weight is 316 g/mol. The molecular weight excluding hydrogens is 292 g/mol. The lowest BCUT2D eigenvalue weighted by molar-refractivity contribution is -0.111. The largest absolute Gasteiger partial charge is 0.377 e. The Balaban J connectivity index is 2.16. The van der Waals surface area contributed by atoms with Gasteiger partial charge in [-0.25, -0.2) is 0 Å². The Morgan fingerprint density at radius 2 is 2.26 bits per heavy atom. The van der Waals surface area contributed by atoms with E-state index in [0.29, 0.717) is 36.9 Å². The molecule has 2 amide bonds. The maximum atomic E-state index is 12.8. The van der Waals surface area contributed by atoms with Gasteiger partial charge in [0, 0.05) is 17.8 Å². The van der Waals surface area contributed by atoms with E-state index >= 15 is 0 Å². The summed E-state index contributed by atoms with van der Waals surface area (Å²) in [5, 5.41) is 2.68. The van der Waals surface area contributed by atoms with Crippen molar-refractivity contribution < 1.29 is 14.3 Å². The predicted octanol–water partition coefficient (Wildman–Crippen LogP) is 2.70. The summed E-state index contributed by atoms with van der Waals surface area (Å²) in [6.45, 7) is 9.45. The lowest BCUT2D eigenvalue weighted by atomic mass is 10.0. The molecule has 0 unspecified atom stereocenters. The van der Waals surface area contributed by atoms with Crippen molar-refractivity contribution in [3.8, 4) is 0 Å². The Bertz CT molecular complexity index is 583. The van der Waals surface area contributed by atoms with Crippen molar-refractivity contribution in [1.29, 1.82) is 0 Å². The van der Waals surface area contributed by atoms with E-state index in [0.717, 1.165) is 6.42 Å². The van der Waals surface area contributed by atoms with Gasteiger partial charge in [0.2, 0.25) is 5.91 Å². The summed E-state index contributed by atoms with van der Waals surface area (Å²) < 4.78 is 5.53. The summed E-state index contributed by atoms with van der Waals surface area (Å²) in [4.78, 5) is 26.1. The molecule has 1 saturated heterocycles. The zero-order chi connectivity index (χ0) is 16.8. The average Bonchev–Trinajstić information content (AvgIpc) is 2.54. The molecule has 0 bridgehead atoms. The van der Waals surface area contributed by atoms with Crippen LogP contribution in [0.25, 0.3) is 0 Å². The van der Waals surface area contributed by atoms with Crippen LogP contribution in [0.2, 0.25) is 0 Å². The van der Waals surface area contributed by atoms with Crippen molar-refractivity contribution in [2.24, 2.45) is 5.92 Å². The number of carbonyl (C=O) groups is 2. The first kappa shape index (κ1) is 17.2. The van der Waals surface area contributed by atoms with E-state index in [1.807, 2.05) is 4.90 Å². The summed E-state index contributed by atoms with van der Waals surface area (Å²) >= 11 is 0. The van der Waals surface area contributed by atoms with Crippen molar-refractivity contribution in [3.05, 3.63) is 42.5 Å². The number of morpholine rings is 1. The second-order valence-corrected chi connectivity index (χ2v) is 6.13. The zero-order valence-corrected chi connectivity index (χ0v) is 13.7. The van der Waals surface area contributed by atoms with Crippen LogP contribution >= 0.6 is 0 Å². The fourth-order valence-corrected chi connectivity index (χ4v) is 2.75. The number of nitrogens with one attached hydrogen (secondary N) is 1. The molecule has 5 heteroatoms. The molecule has 1 aromatic rings. The molecular formula is C18H24N2O3. The van der Waals surface area contributed by atoms with Crippen LogP contribution in [0, 0.1) is 5.92 Å². The summed E-state index contributed by atoms with van der Waals surface area (Å²) in [5.41, 5.74) is 1.16. The molecule has 5 nitrogen and oxygen atoms in total. The molecule has 0 spiro atoms. The van der Waals surface area contributed by atoms with Gasteiger partial charge in [0.1, 0.15) is 0 Å². The molecule has 23 heavy (non-hydrogen) atoms. The minimum atomic E-state index is -0.293. The molecule has 1 aliphatic rings. The SMILES string of the molecule is C=CC(=O)Nc1cccc(C(=O)N2CCOC[C@@H]2CC(C)C)c1. The standard InChI is InChI=1S/C18H24N2O3/c1-4-17(21)19-15-7-5-6-14(11-15)18(22)20-8-9-23-12-16(20)10-13(2)3/h4-7,11,13,16H,1,8-10,12H2,2-3H3,(H,19,21)/t16-/m0/s1. The molecule has 0 saturated carbocycles. The first-order chi connectivity index (χ1) is 11.0. The molecule has 124 valence electrons. The van der Waals surface area contributed by atoms with Crippen LogP contribution in [0.5, 0.6) is 0 Å². The lowest BCUT2D eigenvalue weighted by Gasteiger charge is -2.36. The van der Waals surface area contributed by atoms with Crippen molar-refractivity contribution in [1.82, 2.24) is 4.90 Å². The third-order valence-electron chi connectivity index (χ3n) is 3.79. The molecule has 1 fully saturated rings. The molecule has 0 aromatic heterocycles. The number of benzene rings is 1. The van der Waals surface area contributed by atoms with Gasteiger partial charge >= 0.3 is 0 Å². The molecule has 2 rings (SSSR count). The number of rotatable bonds is 5. The van der Waals surface area contributed by atoms with Crippen molar-refractivity contribution >= 4 is 17.5 Å². The van der Waals surface area contributed by atoms with Gasteiger partial charge in [0.15, 0.2) is 0 Å². The normalized spacial score (nSPS) is 17.9. The summed E-state index contributed by atoms with van der Waals surface area (Å²) in [7, 11) is 0. The molecule has 1 heterocycles. The Hall–Kier alpha value is -2.14. The zero-order valence-electron chi connectivity index (χ0n) is 13.7. The highest BCUT2D eigenvalue weighted by Crippen LogP contribution is 2.20. The number of hydrogen-bond donors (Lipinski definition) is 1. The lowest BCUT2D eigenvalue weighted by Crippen LogP contribution is -2.49. The minimum absolute atomic E-state index is 0.0198. The van der Waals surface area contributed by atoms with Crippen LogP contribution in [0.3, 0.4) is 0 Å². The fourth-order valence-electron chi connectivity index (χ4n) is 2.75. The number of nitrogens with zero attached hydrogens (tertiary/aromatic N) is 1. The van der Waals surface area contributed by atoms with Crippen LogP contribution in [-0.2, 0) is 9.53 Å². The van der Waals surface area contributed by atoms with E-state index in [4.69, 9.17) is 4.74 Å². The second-order valence-electron chi connectivity index (χ2n) is 6.13. The van der Waals surface area contributed by atoms with E-state index < -0.39 is 0 Å². The topological polar surface area (TPSA) is 58.6 Å². The van der Waals surface area contributed by atoms with E-state index in [9.17, 15) is 9.59 Å². The van der Waals surface area contributed by atoms with Gasteiger partial charge in [-0.3, -0.25) is 9.59 Å². The maximum absolute atomic E-state index is 12.8. The molecule has 1 atom stereocenters. The Kier molecular flexibility index (Phi) is 5.93. The Morgan fingerprint density at radius 3 is 2.96 bits per heavy atom. The smallest absolute Gasteiger partial charge is 0.254 e. The Labute approximate surface area is 137 Å². The van der Waals surface area contributed by atoms with Crippen LogP contribution in [0.1, 0.15) is 30.6 Å². The van der Waals surface area contributed by atoms with Gasteiger partial charge in [-0.1, -0.05) is 26.5 Å². The van der Waals surface area contributed by atoms with Gasteiger partial charge in [-0.2, -0.15) is 0 Å². The first-order valence-electron chi connectivity index (χ1n) is 7.93. The fraction of sp³-hybridized carbons (Fsp3) is 0.444. The van der Waals surface area contributed by atoms with E-state index in [2.05, 4.69) is 25.7 Å². The third kappa shape index (κ3) is 4.66. The van der Waals surface area contributed by atoms with Crippen molar-refractivity contribution in [3.63, 3.8) is 0 Å². The van der Waals surface area contributed by atoms with Crippen molar-refractivity contribution in [2.75, 3.05) is 25.1 Å². The number of hydrogen-bond acceptors (Lipinski definition) is 3. The molecule has 0 aliphatic carbocycles. The first-order valence-corrected chi connectivity index (χ1v) is 7.93. The van der Waals surface area contributed by atoms with Gasteiger partial charge in [0.05, 0.1) is 19.3 Å². The highest BCUT2D eigenvalue weighted by atomic mass is 16.5. The Morgan fingerprint density at radius 1 is 1.48 bits per heavy atom. The predicted molar refractivity (Wildman–Crippen MR) is 90.4 cm³/mol. The second kappa shape index (κ2) is 7.92. The quantitative estimate of drug-likeness (QED) is 0.850. The van der Waals surface area contributed by atoms with E-state index in [1.54, 1.807) is 24.3 Å². The van der Waals surface area contributed by atoms with Crippen molar-refractivity contribution in [2.45, 2.75) is 26.3 Å². The monoisotopic (exact) mass is 316 g/mol. The van der Waals surface area contributed by atoms with Gasteiger partial charge in [0.25, 0.3) is 5.91 Å². The van der Waals surface area contributed by atoms with Gasteiger partial charge < -0.3 is 15.0 Å². The molecule has 1 aliphatic heterocycles. The molecule has 1 N–H and O–H groups in total. The van der Waals surface area contributed by atoms with Crippen LogP contribution in [0.4, 0.5) is 5.69 Å². The number of anilines is 1. The third-order valence-corrected chi connectivity index (χ3v) is 3.79. The van der Waals surface area contributed by atoms with Crippen LogP contribution < -0.4 is 5.32 Å². The summed E-state index contributed by atoms with van der Waals surface area (Å²) in [6.07, 6.45) is 2.12. The highest BCUT2D eigenvalue weighted by molar-refractivity contribution is 6.00. The highest BCUT2D eigenvalue weighted by Gasteiger charge is 2.28. The maximum Gasteiger partial charge on any atom is 0.254 e. The molecule has 1 aromatic carbocycles. The van der Waals surface area contributed by atoms with Gasteiger partial charge in [-0.05, 0) is 36.6 Å². The van der Waals surface area contributed by atoms with E-state index in [1.165, 1.54) is 6.08 Å². The van der Waals surface area contributed by atoms with Crippen LogP contribution in [-0.4, -0.2) is 42.5 Å². The summed E-state index contributed by atoms with van der Waals surface area (Å²) in [5.74, 6) is 0.183. The summed E-state index contributed by atoms with van der Waals surface area (Å²) in [6, 6.07) is 7.09. The van der Waals surface area contributed by atoms with Crippen LogP contribution in [0.15, 0.2) is 36.9 Å². The van der Waals surface area contributed by atoms with Gasteiger partial charge in [-0.15, -0.1) is 0 Å². The number of amides is 2. The number of carbonyl (C=O) groups excluding carboxylic acids is 2. The minimum Gasteiger partial charge on any atom is -0.377 e. The molecule has 0 radical (unpaired) electrons. The van der Waals surface area contributed by atoms with E-state index in [-0.39, 0.29) is 17.9 Å².